The van der Waals surface area contributed by atoms with E-state index in [0.29, 0.717) is 16.8 Å². The van der Waals surface area contributed by atoms with Gasteiger partial charge in [-0.2, -0.15) is 0 Å². The average molecular weight is 342 g/mol. The maximum absolute atomic E-state index is 12.1. The number of hydrogen-bond acceptors (Lipinski definition) is 5. The number of phenols is 1. The van der Waals surface area contributed by atoms with Gasteiger partial charge in [0.05, 0.1) is 6.42 Å². The molecule has 0 heterocycles. The van der Waals surface area contributed by atoms with E-state index in [4.69, 9.17) is 10.5 Å². The van der Waals surface area contributed by atoms with E-state index in [1.54, 1.807) is 12.1 Å². The number of amides is 2. The monoisotopic (exact) mass is 342 g/mol. The second-order valence-electron chi connectivity index (χ2n) is 5.41. The van der Waals surface area contributed by atoms with Gasteiger partial charge in [0.15, 0.2) is 6.10 Å². The predicted octanol–water partition coefficient (Wildman–Crippen LogP) is 1.60. The SMILES string of the molecule is C[C@H](OC(=O)Cc1ccc(O)cc1)C(=O)Nc1ccc(C(N)=O)cc1. The lowest BCUT2D eigenvalue weighted by atomic mass is 10.1. The molecule has 4 N–H and O–H groups in total. The van der Waals surface area contributed by atoms with Crippen LogP contribution in [0.25, 0.3) is 0 Å². The Bertz CT molecular complexity index is 769. The van der Waals surface area contributed by atoms with Crippen LogP contribution in [0.1, 0.15) is 22.8 Å². The van der Waals surface area contributed by atoms with Crippen molar-refractivity contribution in [1.29, 1.82) is 0 Å². The molecule has 7 heteroatoms. The Hall–Kier alpha value is -3.35. The molecule has 2 aromatic carbocycles. The number of anilines is 1. The van der Waals surface area contributed by atoms with Crippen molar-refractivity contribution in [3.8, 4) is 5.75 Å². The maximum atomic E-state index is 12.1. The van der Waals surface area contributed by atoms with Crippen LogP contribution in [0, 0.1) is 0 Å². The minimum Gasteiger partial charge on any atom is -0.508 e. The van der Waals surface area contributed by atoms with E-state index in [-0.39, 0.29) is 12.2 Å². The number of phenolic OH excluding ortho intramolecular Hbond substituents is 1. The quantitative estimate of drug-likeness (QED) is 0.689. The highest BCUT2D eigenvalue weighted by Gasteiger charge is 2.18. The van der Waals surface area contributed by atoms with Crippen LogP contribution in [0.3, 0.4) is 0 Å². The Morgan fingerprint density at radius 3 is 2.24 bits per heavy atom. The highest BCUT2D eigenvalue weighted by molar-refractivity contribution is 5.96. The lowest BCUT2D eigenvalue weighted by Crippen LogP contribution is -2.30. The van der Waals surface area contributed by atoms with Gasteiger partial charge in [-0.15, -0.1) is 0 Å². The van der Waals surface area contributed by atoms with Crippen LogP contribution in [-0.2, 0) is 20.7 Å². The van der Waals surface area contributed by atoms with Gasteiger partial charge in [0.2, 0.25) is 5.91 Å². The van der Waals surface area contributed by atoms with Crippen molar-refractivity contribution in [2.75, 3.05) is 5.32 Å². The van der Waals surface area contributed by atoms with Crippen molar-refractivity contribution in [1.82, 2.24) is 0 Å². The molecular weight excluding hydrogens is 324 g/mol. The van der Waals surface area contributed by atoms with Gasteiger partial charge in [-0.1, -0.05) is 12.1 Å². The summed E-state index contributed by atoms with van der Waals surface area (Å²) < 4.78 is 5.09. The summed E-state index contributed by atoms with van der Waals surface area (Å²) in [6.45, 7) is 1.46. The van der Waals surface area contributed by atoms with Gasteiger partial charge in [-0.3, -0.25) is 14.4 Å². The van der Waals surface area contributed by atoms with Crippen LogP contribution in [0.4, 0.5) is 5.69 Å². The Balaban J connectivity index is 1.87. The summed E-state index contributed by atoms with van der Waals surface area (Å²) in [4.78, 5) is 34.9. The van der Waals surface area contributed by atoms with E-state index in [2.05, 4.69) is 5.32 Å². The molecule has 2 aromatic rings. The van der Waals surface area contributed by atoms with E-state index in [1.807, 2.05) is 0 Å². The third kappa shape index (κ3) is 5.35. The maximum Gasteiger partial charge on any atom is 0.311 e. The van der Waals surface area contributed by atoms with Crippen LogP contribution >= 0.6 is 0 Å². The third-order valence-electron chi connectivity index (χ3n) is 3.40. The molecule has 7 nitrogen and oxygen atoms in total. The second kappa shape index (κ2) is 7.96. The smallest absolute Gasteiger partial charge is 0.311 e. The number of esters is 1. The lowest BCUT2D eigenvalue weighted by Gasteiger charge is -2.13. The van der Waals surface area contributed by atoms with E-state index in [0.717, 1.165) is 0 Å². The summed E-state index contributed by atoms with van der Waals surface area (Å²) in [6, 6.07) is 12.2. The van der Waals surface area contributed by atoms with E-state index in [9.17, 15) is 19.5 Å². The first-order chi connectivity index (χ1) is 11.8. The van der Waals surface area contributed by atoms with Gasteiger partial charge in [0.1, 0.15) is 5.75 Å². The van der Waals surface area contributed by atoms with Gasteiger partial charge < -0.3 is 20.9 Å². The fourth-order valence-electron chi connectivity index (χ4n) is 2.03. The molecule has 0 unspecified atom stereocenters. The number of nitrogens with one attached hydrogen (secondary N) is 1. The zero-order chi connectivity index (χ0) is 18.4. The van der Waals surface area contributed by atoms with Crippen LogP contribution in [0.2, 0.25) is 0 Å². The van der Waals surface area contributed by atoms with Crippen LogP contribution in [0.5, 0.6) is 5.75 Å². The van der Waals surface area contributed by atoms with Gasteiger partial charge in [-0.25, -0.2) is 0 Å². The number of hydrogen-bond donors (Lipinski definition) is 3. The number of ether oxygens (including phenoxy) is 1. The van der Waals surface area contributed by atoms with Crippen molar-refractivity contribution in [2.45, 2.75) is 19.4 Å². The highest BCUT2D eigenvalue weighted by atomic mass is 16.5. The Morgan fingerprint density at radius 1 is 1.08 bits per heavy atom. The third-order valence-corrected chi connectivity index (χ3v) is 3.40. The summed E-state index contributed by atoms with van der Waals surface area (Å²) in [6.07, 6.45) is -0.994. The number of primary amides is 1. The molecule has 0 fully saturated rings. The van der Waals surface area contributed by atoms with Crippen molar-refractivity contribution in [3.05, 3.63) is 59.7 Å². The van der Waals surface area contributed by atoms with Gasteiger partial charge in [-0.05, 0) is 48.9 Å². The summed E-state index contributed by atoms with van der Waals surface area (Å²) in [5.74, 6) is -1.51. The highest BCUT2D eigenvalue weighted by Crippen LogP contribution is 2.12. The molecule has 0 aliphatic carbocycles. The minimum absolute atomic E-state index is 0.00872. The zero-order valence-electron chi connectivity index (χ0n) is 13.6. The van der Waals surface area contributed by atoms with Crippen molar-refractivity contribution >= 4 is 23.5 Å². The van der Waals surface area contributed by atoms with Crippen LogP contribution in [-0.4, -0.2) is 29.0 Å². The molecular formula is C18H18N2O5. The first-order valence-corrected chi connectivity index (χ1v) is 7.53. The second-order valence-corrected chi connectivity index (χ2v) is 5.41. The predicted molar refractivity (Wildman–Crippen MR) is 91.0 cm³/mol. The van der Waals surface area contributed by atoms with E-state index in [1.165, 1.54) is 43.3 Å². The summed E-state index contributed by atoms with van der Waals surface area (Å²) in [7, 11) is 0. The largest absolute Gasteiger partial charge is 0.508 e. The van der Waals surface area contributed by atoms with Crippen LogP contribution in [0.15, 0.2) is 48.5 Å². The Morgan fingerprint density at radius 2 is 1.68 bits per heavy atom. The van der Waals surface area contributed by atoms with Crippen LogP contribution < -0.4 is 11.1 Å². The molecule has 0 aromatic heterocycles. The number of rotatable bonds is 6. The lowest BCUT2D eigenvalue weighted by molar-refractivity contribution is -0.152. The van der Waals surface area contributed by atoms with Crippen molar-refractivity contribution < 1.29 is 24.2 Å². The molecule has 130 valence electrons. The Kier molecular flexibility index (Phi) is 5.73. The molecule has 0 saturated heterocycles. The van der Waals surface area contributed by atoms with Crippen molar-refractivity contribution in [3.63, 3.8) is 0 Å². The molecule has 0 bridgehead atoms. The average Bonchev–Trinajstić information content (AvgIpc) is 2.57. The summed E-state index contributed by atoms with van der Waals surface area (Å²) in [5.41, 5.74) is 6.59. The molecule has 0 aliphatic rings. The van der Waals surface area contributed by atoms with E-state index >= 15 is 0 Å². The normalized spacial score (nSPS) is 11.4. The molecule has 25 heavy (non-hydrogen) atoms. The molecule has 2 rings (SSSR count). The topological polar surface area (TPSA) is 119 Å². The van der Waals surface area contributed by atoms with Gasteiger partial charge in [0.25, 0.3) is 5.91 Å². The number of aromatic hydroxyl groups is 1. The molecule has 2 amide bonds. The van der Waals surface area contributed by atoms with Gasteiger partial charge in [0, 0.05) is 11.3 Å². The van der Waals surface area contributed by atoms with Gasteiger partial charge >= 0.3 is 5.97 Å². The Labute approximate surface area is 144 Å². The molecule has 1 atom stereocenters. The first kappa shape index (κ1) is 18.0. The molecule has 0 spiro atoms. The van der Waals surface area contributed by atoms with E-state index < -0.39 is 23.9 Å². The first-order valence-electron chi connectivity index (χ1n) is 7.53. The molecule has 0 saturated carbocycles. The molecule has 0 aliphatic heterocycles. The number of benzene rings is 2. The summed E-state index contributed by atoms with van der Waals surface area (Å²) in [5, 5.41) is 11.8. The molecule has 0 radical (unpaired) electrons. The zero-order valence-corrected chi connectivity index (χ0v) is 13.6. The fourth-order valence-corrected chi connectivity index (χ4v) is 2.03. The van der Waals surface area contributed by atoms with Crippen molar-refractivity contribution in [2.24, 2.45) is 5.73 Å². The number of nitrogens with two attached hydrogens (primary N) is 1. The number of carbonyl (C=O) groups excluding carboxylic acids is 3. The number of carbonyl (C=O) groups is 3. The standard InChI is InChI=1S/C18H18N2O5/c1-11(25-16(22)10-12-2-8-15(21)9-3-12)18(24)20-14-6-4-13(5-7-14)17(19)23/h2-9,11,21H,10H2,1H3,(H2,19,23)(H,20,24)/t11-/m0/s1. The fraction of sp³-hybridized carbons (Fsp3) is 0.167. The minimum atomic E-state index is -0.986. The summed E-state index contributed by atoms with van der Waals surface area (Å²) >= 11 is 0.